The largest absolute Gasteiger partial charge is 0.481 e. The summed E-state index contributed by atoms with van der Waals surface area (Å²) in [6.07, 6.45) is 22.6. The van der Waals surface area contributed by atoms with E-state index in [1.54, 1.807) is 0 Å². The SMILES string of the molecule is CCCCCC=CCC=CCCCCCCCCC(C(=O)O)C(=O)O. The number of rotatable bonds is 17. The first kappa shape index (κ1) is 23.4. The van der Waals surface area contributed by atoms with E-state index in [1.807, 2.05) is 0 Å². The molecule has 144 valence electrons. The van der Waals surface area contributed by atoms with Crippen LogP contribution in [0.15, 0.2) is 24.3 Å². The van der Waals surface area contributed by atoms with Gasteiger partial charge in [0.05, 0.1) is 0 Å². The molecule has 2 N–H and O–H groups in total. The normalized spacial score (nSPS) is 11.8. The predicted molar refractivity (Wildman–Crippen MR) is 103 cm³/mol. The van der Waals surface area contributed by atoms with Crippen molar-refractivity contribution < 1.29 is 19.8 Å². The van der Waals surface area contributed by atoms with Gasteiger partial charge in [0.1, 0.15) is 0 Å². The van der Waals surface area contributed by atoms with Crippen LogP contribution < -0.4 is 0 Å². The Kier molecular flexibility index (Phi) is 16.2. The molecule has 0 unspecified atom stereocenters. The van der Waals surface area contributed by atoms with Gasteiger partial charge in [-0.25, -0.2) is 0 Å². The van der Waals surface area contributed by atoms with Gasteiger partial charge in [0.25, 0.3) is 0 Å². The Bertz CT molecular complexity index is 385. The average Bonchev–Trinajstić information content (AvgIpc) is 2.57. The Labute approximate surface area is 153 Å². The van der Waals surface area contributed by atoms with E-state index in [0.29, 0.717) is 6.42 Å². The predicted octanol–water partition coefficient (Wildman–Crippen LogP) is 5.98. The second kappa shape index (κ2) is 17.2. The van der Waals surface area contributed by atoms with Gasteiger partial charge in [-0.05, 0) is 38.5 Å². The summed E-state index contributed by atoms with van der Waals surface area (Å²) in [5.41, 5.74) is 0. The van der Waals surface area contributed by atoms with Gasteiger partial charge in [0.2, 0.25) is 0 Å². The highest BCUT2D eigenvalue weighted by Crippen LogP contribution is 2.13. The molecule has 0 aromatic carbocycles. The third-order valence-corrected chi connectivity index (χ3v) is 4.29. The topological polar surface area (TPSA) is 74.6 Å². The maximum absolute atomic E-state index is 10.7. The monoisotopic (exact) mass is 352 g/mol. The molecule has 0 saturated heterocycles. The summed E-state index contributed by atoms with van der Waals surface area (Å²) in [4.78, 5) is 21.5. The van der Waals surface area contributed by atoms with Gasteiger partial charge in [0.15, 0.2) is 5.92 Å². The first-order chi connectivity index (χ1) is 12.1. The quantitative estimate of drug-likeness (QED) is 0.192. The number of aliphatic carboxylic acids is 2. The van der Waals surface area contributed by atoms with Crippen molar-refractivity contribution in [2.75, 3.05) is 0 Å². The van der Waals surface area contributed by atoms with E-state index in [0.717, 1.165) is 32.1 Å². The van der Waals surface area contributed by atoms with Crippen LogP contribution in [0.25, 0.3) is 0 Å². The van der Waals surface area contributed by atoms with E-state index in [-0.39, 0.29) is 6.42 Å². The van der Waals surface area contributed by atoms with Gasteiger partial charge in [-0.15, -0.1) is 0 Å². The molecule has 0 fully saturated rings. The second-order valence-electron chi connectivity index (χ2n) is 6.60. The number of hydrogen-bond acceptors (Lipinski definition) is 2. The Morgan fingerprint density at radius 3 is 1.72 bits per heavy atom. The van der Waals surface area contributed by atoms with Gasteiger partial charge in [-0.3, -0.25) is 9.59 Å². The van der Waals surface area contributed by atoms with Crippen LogP contribution in [0.2, 0.25) is 0 Å². The number of carbonyl (C=O) groups is 2. The van der Waals surface area contributed by atoms with Crippen LogP contribution in [-0.2, 0) is 9.59 Å². The zero-order valence-corrected chi connectivity index (χ0v) is 15.8. The summed E-state index contributed by atoms with van der Waals surface area (Å²) >= 11 is 0. The molecule has 0 bridgehead atoms. The van der Waals surface area contributed by atoms with Crippen molar-refractivity contribution in [3.63, 3.8) is 0 Å². The van der Waals surface area contributed by atoms with Crippen LogP contribution in [0.1, 0.15) is 90.4 Å². The lowest BCUT2D eigenvalue weighted by atomic mass is 10.0. The molecule has 0 aromatic heterocycles. The standard InChI is InChI=1S/C21H36O4/c1-2-3-4-5-6-7-8-9-10-11-12-13-14-15-16-17-18-19(20(22)23)21(24)25/h6-7,9-10,19H,2-5,8,11-18H2,1H3,(H,22,23)(H,24,25). The molecule has 0 aliphatic rings. The smallest absolute Gasteiger partial charge is 0.317 e. The highest BCUT2D eigenvalue weighted by Gasteiger charge is 2.24. The highest BCUT2D eigenvalue weighted by molar-refractivity contribution is 5.92. The maximum atomic E-state index is 10.7. The van der Waals surface area contributed by atoms with E-state index in [9.17, 15) is 9.59 Å². The lowest BCUT2D eigenvalue weighted by molar-refractivity contribution is -0.154. The molecule has 0 atom stereocenters. The first-order valence-corrected chi connectivity index (χ1v) is 9.85. The van der Waals surface area contributed by atoms with Gasteiger partial charge >= 0.3 is 11.9 Å². The van der Waals surface area contributed by atoms with Crippen molar-refractivity contribution >= 4 is 11.9 Å². The summed E-state index contributed by atoms with van der Waals surface area (Å²) in [6.45, 7) is 2.22. The molecule has 0 heterocycles. The fourth-order valence-electron chi connectivity index (χ4n) is 2.69. The minimum Gasteiger partial charge on any atom is -0.481 e. The molecule has 25 heavy (non-hydrogen) atoms. The summed E-state index contributed by atoms with van der Waals surface area (Å²) in [5, 5.41) is 17.6. The number of allylic oxidation sites excluding steroid dienone is 4. The van der Waals surface area contributed by atoms with Crippen molar-refractivity contribution in [1.82, 2.24) is 0 Å². The van der Waals surface area contributed by atoms with Crippen molar-refractivity contribution in [3.8, 4) is 0 Å². The van der Waals surface area contributed by atoms with Crippen molar-refractivity contribution in [2.24, 2.45) is 5.92 Å². The van der Waals surface area contributed by atoms with Gasteiger partial charge < -0.3 is 10.2 Å². The number of carboxylic acid groups (broad SMARTS) is 2. The molecule has 0 spiro atoms. The van der Waals surface area contributed by atoms with E-state index < -0.39 is 17.9 Å². The molecule has 0 aliphatic heterocycles. The van der Waals surface area contributed by atoms with Crippen LogP contribution in [0.4, 0.5) is 0 Å². The van der Waals surface area contributed by atoms with Gasteiger partial charge in [0, 0.05) is 0 Å². The molecular weight excluding hydrogens is 316 g/mol. The third-order valence-electron chi connectivity index (χ3n) is 4.29. The summed E-state index contributed by atoms with van der Waals surface area (Å²) in [5.74, 6) is -3.70. The van der Waals surface area contributed by atoms with Crippen LogP contribution in [0, 0.1) is 5.92 Å². The van der Waals surface area contributed by atoms with Gasteiger partial charge in [-0.2, -0.15) is 0 Å². The number of hydrogen-bond donors (Lipinski definition) is 2. The Morgan fingerprint density at radius 2 is 1.20 bits per heavy atom. The zero-order valence-electron chi connectivity index (χ0n) is 15.8. The maximum Gasteiger partial charge on any atom is 0.317 e. The Morgan fingerprint density at radius 1 is 0.720 bits per heavy atom. The van der Waals surface area contributed by atoms with Crippen molar-refractivity contribution in [1.29, 1.82) is 0 Å². The molecule has 4 heteroatoms. The van der Waals surface area contributed by atoms with Crippen LogP contribution in [0.5, 0.6) is 0 Å². The van der Waals surface area contributed by atoms with Crippen molar-refractivity contribution in [3.05, 3.63) is 24.3 Å². The molecule has 0 aliphatic carbocycles. The highest BCUT2D eigenvalue weighted by atomic mass is 16.4. The van der Waals surface area contributed by atoms with E-state index in [2.05, 4.69) is 31.2 Å². The van der Waals surface area contributed by atoms with E-state index >= 15 is 0 Å². The summed E-state index contributed by atoms with van der Waals surface area (Å²) in [7, 11) is 0. The van der Waals surface area contributed by atoms with E-state index in [1.165, 1.54) is 38.5 Å². The molecule has 0 aromatic rings. The lowest BCUT2D eigenvalue weighted by Crippen LogP contribution is -2.23. The second-order valence-corrected chi connectivity index (χ2v) is 6.60. The molecule has 0 rings (SSSR count). The van der Waals surface area contributed by atoms with E-state index in [4.69, 9.17) is 10.2 Å². The van der Waals surface area contributed by atoms with Gasteiger partial charge in [-0.1, -0.05) is 76.2 Å². The lowest BCUT2D eigenvalue weighted by Gasteiger charge is -2.06. The molecule has 4 nitrogen and oxygen atoms in total. The fourth-order valence-corrected chi connectivity index (χ4v) is 2.69. The van der Waals surface area contributed by atoms with Crippen LogP contribution >= 0.6 is 0 Å². The van der Waals surface area contributed by atoms with Crippen LogP contribution in [0.3, 0.4) is 0 Å². The molecule has 0 saturated carbocycles. The summed E-state index contributed by atoms with van der Waals surface area (Å²) < 4.78 is 0. The average molecular weight is 353 g/mol. The Balaban J connectivity index is 3.40. The van der Waals surface area contributed by atoms with Crippen LogP contribution in [-0.4, -0.2) is 22.2 Å². The fraction of sp³-hybridized carbons (Fsp3) is 0.714. The number of unbranched alkanes of at least 4 members (excludes halogenated alkanes) is 9. The zero-order chi connectivity index (χ0) is 18.8. The summed E-state index contributed by atoms with van der Waals surface area (Å²) in [6, 6.07) is 0. The van der Waals surface area contributed by atoms with Crippen molar-refractivity contribution in [2.45, 2.75) is 90.4 Å². The Hall–Kier alpha value is -1.58. The molecule has 0 amide bonds. The minimum absolute atomic E-state index is 0.235. The first-order valence-electron chi connectivity index (χ1n) is 9.85. The molecule has 0 radical (unpaired) electrons. The minimum atomic E-state index is -1.24. The number of carboxylic acids is 2. The molecular formula is C21H36O4. The third kappa shape index (κ3) is 15.7.